The maximum atomic E-state index is 13.2. The molecule has 39 heavy (non-hydrogen) atoms. The second-order valence-corrected chi connectivity index (χ2v) is 9.28. The number of aromatic nitrogens is 2. The Morgan fingerprint density at radius 3 is 2.64 bits per heavy atom. The van der Waals surface area contributed by atoms with Gasteiger partial charge in [0.25, 0.3) is 0 Å². The van der Waals surface area contributed by atoms with E-state index in [4.69, 9.17) is 4.74 Å². The van der Waals surface area contributed by atoms with Gasteiger partial charge in [-0.25, -0.2) is 9.37 Å². The Labute approximate surface area is 229 Å². The highest BCUT2D eigenvalue weighted by atomic mass is 19.1. The van der Waals surface area contributed by atoms with Gasteiger partial charge < -0.3 is 30.1 Å². The molecule has 1 aliphatic rings. The van der Waals surface area contributed by atoms with E-state index in [1.807, 2.05) is 19.0 Å². The molecule has 0 saturated carbocycles. The number of likely N-dealkylation sites (N-methyl/N-ethyl adjacent to an activating group) is 2. The highest BCUT2D eigenvalue weighted by Gasteiger charge is 2.17. The van der Waals surface area contributed by atoms with Crippen molar-refractivity contribution >= 4 is 29.3 Å². The molecule has 2 heterocycles. The summed E-state index contributed by atoms with van der Waals surface area (Å²) in [5.74, 6) is 6.67. The van der Waals surface area contributed by atoms with Gasteiger partial charge in [-0.3, -0.25) is 9.59 Å². The average molecular weight is 538 g/mol. The van der Waals surface area contributed by atoms with Gasteiger partial charge in [-0.05, 0) is 44.8 Å². The average Bonchev–Trinajstić information content (AvgIpc) is 2.92. The minimum absolute atomic E-state index is 0.00459. The number of nitrogens with zero attached hydrogens (tertiary/aromatic N) is 5. The quantitative estimate of drug-likeness (QED) is 0.255. The van der Waals surface area contributed by atoms with Crippen LogP contribution < -0.4 is 15.5 Å². The van der Waals surface area contributed by atoms with Crippen LogP contribution in [0.1, 0.15) is 18.4 Å². The van der Waals surface area contributed by atoms with Crippen LogP contribution in [0.4, 0.5) is 21.8 Å². The van der Waals surface area contributed by atoms with Crippen LogP contribution in [-0.4, -0.2) is 98.7 Å². The van der Waals surface area contributed by atoms with Crippen molar-refractivity contribution in [2.24, 2.45) is 0 Å². The van der Waals surface area contributed by atoms with Gasteiger partial charge in [0.2, 0.25) is 17.8 Å². The predicted molar refractivity (Wildman–Crippen MR) is 149 cm³/mol. The molecule has 2 N–H and O–H groups in total. The van der Waals surface area contributed by atoms with E-state index < -0.39 is 0 Å². The highest BCUT2D eigenvalue weighted by molar-refractivity contribution is 5.91. The smallest absolute Gasteiger partial charge is 0.246 e. The number of carbonyl (C=O) groups is 2. The van der Waals surface area contributed by atoms with Crippen LogP contribution in [0.3, 0.4) is 0 Å². The Balaban J connectivity index is 1.51. The number of unbranched alkanes of at least 4 members (excludes halogenated alkanes) is 1. The zero-order valence-electron chi connectivity index (χ0n) is 22.7. The van der Waals surface area contributed by atoms with Gasteiger partial charge in [0.15, 0.2) is 0 Å². The third kappa shape index (κ3) is 10.3. The molecule has 0 radical (unpaired) electrons. The van der Waals surface area contributed by atoms with Gasteiger partial charge in [0.05, 0.1) is 31.5 Å². The number of anilines is 3. The standard InChI is InChI=1S/C28H36FN7O3/c1-34(2)15-7-9-26(38)35(3)21-25(37)30-14-6-4-5-8-22-20-31-28(32-24-12-10-23(29)11-13-24)33-27(22)36-16-18-39-19-17-36/h7,9-13,20H,4,6,14-19,21H2,1-3H3,(H,30,37)(H,31,32,33)/b9-7+. The Bertz CT molecular complexity index is 1190. The van der Waals surface area contributed by atoms with Crippen LogP contribution in [0.25, 0.3) is 0 Å². The maximum absolute atomic E-state index is 13.2. The Morgan fingerprint density at radius 1 is 1.18 bits per heavy atom. The monoisotopic (exact) mass is 537 g/mol. The molecule has 208 valence electrons. The van der Waals surface area contributed by atoms with Crippen molar-refractivity contribution in [3.63, 3.8) is 0 Å². The number of halogens is 1. The van der Waals surface area contributed by atoms with E-state index >= 15 is 0 Å². The SMILES string of the molecule is CN(C)C/C=C/C(=O)N(C)CC(=O)NCCCC#Cc1cnc(Nc2ccc(F)cc2)nc1N1CCOCC1. The number of rotatable bonds is 11. The van der Waals surface area contributed by atoms with Crippen LogP contribution in [0.2, 0.25) is 0 Å². The summed E-state index contributed by atoms with van der Waals surface area (Å²) in [6.45, 7) is 3.69. The van der Waals surface area contributed by atoms with Gasteiger partial charge in [0.1, 0.15) is 11.6 Å². The summed E-state index contributed by atoms with van der Waals surface area (Å²) in [6.07, 6.45) is 6.15. The van der Waals surface area contributed by atoms with Crippen molar-refractivity contribution in [3.05, 3.63) is 54.0 Å². The molecule has 0 bridgehead atoms. The van der Waals surface area contributed by atoms with Crippen LogP contribution >= 0.6 is 0 Å². The first kappa shape index (κ1) is 29.5. The van der Waals surface area contributed by atoms with Crippen molar-refractivity contribution < 1.29 is 18.7 Å². The summed E-state index contributed by atoms with van der Waals surface area (Å²) in [7, 11) is 5.43. The summed E-state index contributed by atoms with van der Waals surface area (Å²) >= 11 is 0. The van der Waals surface area contributed by atoms with E-state index in [2.05, 4.69) is 37.3 Å². The van der Waals surface area contributed by atoms with Crippen LogP contribution in [-0.2, 0) is 14.3 Å². The molecule has 0 aliphatic carbocycles. The second-order valence-electron chi connectivity index (χ2n) is 9.28. The predicted octanol–water partition coefficient (Wildman–Crippen LogP) is 2.02. The number of carbonyl (C=O) groups excluding carboxylic acids is 2. The normalized spacial score (nSPS) is 13.2. The van der Waals surface area contributed by atoms with Gasteiger partial charge in [-0.1, -0.05) is 17.9 Å². The van der Waals surface area contributed by atoms with Gasteiger partial charge >= 0.3 is 0 Å². The summed E-state index contributed by atoms with van der Waals surface area (Å²) in [5, 5.41) is 5.93. The first-order chi connectivity index (χ1) is 18.8. The van der Waals surface area contributed by atoms with Crippen LogP contribution in [0, 0.1) is 17.7 Å². The molecule has 1 fully saturated rings. The summed E-state index contributed by atoms with van der Waals surface area (Å²) < 4.78 is 18.7. The third-order valence-electron chi connectivity index (χ3n) is 5.69. The first-order valence-corrected chi connectivity index (χ1v) is 12.9. The Kier molecular flexibility index (Phi) is 11.7. The molecule has 0 unspecified atom stereocenters. The molecule has 1 aliphatic heterocycles. The lowest BCUT2D eigenvalue weighted by Gasteiger charge is -2.28. The van der Waals surface area contributed by atoms with E-state index in [-0.39, 0.29) is 24.2 Å². The molecule has 3 rings (SSSR count). The van der Waals surface area contributed by atoms with Crippen molar-refractivity contribution in [1.29, 1.82) is 0 Å². The zero-order valence-corrected chi connectivity index (χ0v) is 22.7. The van der Waals surface area contributed by atoms with E-state index in [1.165, 1.54) is 23.1 Å². The fraction of sp³-hybridized carbons (Fsp3) is 0.429. The highest BCUT2D eigenvalue weighted by Crippen LogP contribution is 2.21. The topological polar surface area (TPSA) is 103 Å². The lowest BCUT2D eigenvalue weighted by Crippen LogP contribution is -2.38. The zero-order chi connectivity index (χ0) is 28.0. The molecule has 1 aromatic carbocycles. The van der Waals surface area contributed by atoms with E-state index in [9.17, 15) is 14.0 Å². The minimum Gasteiger partial charge on any atom is -0.378 e. The molecular formula is C28H36FN7O3. The molecular weight excluding hydrogens is 501 g/mol. The van der Waals surface area contributed by atoms with Gasteiger partial charge in [-0.15, -0.1) is 0 Å². The molecule has 1 saturated heterocycles. The maximum Gasteiger partial charge on any atom is 0.246 e. The van der Waals surface area contributed by atoms with Crippen molar-refractivity contribution in [2.75, 3.05) is 77.3 Å². The molecule has 0 spiro atoms. The van der Waals surface area contributed by atoms with Gasteiger partial charge in [-0.2, -0.15) is 4.98 Å². The summed E-state index contributed by atoms with van der Waals surface area (Å²) in [5.41, 5.74) is 1.38. The largest absolute Gasteiger partial charge is 0.378 e. The molecule has 11 heteroatoms. The number of hydrogen-bond acceptors (Lipinski definition) is 8. The molecule has 2 amide bonds. The van der Waals surface area contributed by atoms with Gasteiger partial charge in [0, 0.05) is 51.4 Å². The Hall–Kier alpha value is -4.01. The summed E-state index contributed by atoms with van der Waals surface area (Å²) in [4.78, 5) is 38.7. The minimum atomic E-state index is -0.313. The van der Waals surface area contributed by atoms with E-state index in [1.54, 1.807) is 31.5 Å². The lowest BCUT2D eigenvalue weighted by molar-refractivity contribution is -0.131. The first-order valence-electron chi connectivity index (χ1n) is 12.9. The lowest BCUT2D eigenvalue weighted by atomic mass is 10.2. The number of nitrogens with one attached hydrogen (secondary N) is 2. The molecule has 10 nitrogen and oxygen atoms in total. The number of ether oxygens (including phenoxy) is 1. The van der Waals surface area contributed by atoms with Crippen molar-refractivity contribution in [1.82, 2.24) is 25.1 Å². The second kappa shape index (κ2) is 15.4. The fourth-order valence-corrected chi connectivity index (χ4v) is 3.60. The van der Waals surface area contributed by atoms with Crippen molar-refractivity contribution in [3.8, 4) is 11.8 Å². The summed E-state index contributed by atoms with van der Waals surface area (Å²) in [6, 6.07) is 5.99. The number of amides is 2. The van der Waals surface area contributed by atoms with Crippen LogP contribution in [0.15, 0.2) is 42.6 Å². The number of morpholine rings is 1. The van der Waals surface area contributed by atoms with Crippen LogP contribution in [0.5, 0.6) is 0 Å². The van der Waals surface area contributed by atoms with E-state index in [0.717, 1.165) is 0 Å². The van der Waals surface area contributed by atoms with E-state index in [0.29, 0.717) is 75.3 Å². The number of benzene rings is 1. The molecule has 2 aromatic rings. The fourth-order valence-electron chi connectivity index (χ4n) is 3.60. The molecule has 1 aromatic heterocycles. The number of hydrogen-bond donors (Lipinski definition) is 2. The Morgan fingerprint density at radius 2 is 1.92 bits per heavy atom. The molecule has 0 atom stereocenters. The van der Waals surface area contributed by atoms with Crippen molar-refractivity contribution in [2.45, 2.75) is 12.8 Å². The third-order valence-corrected chi connectivity index (χ3v) is 5.69.